The number of anilines is 1. The number of hydrogen-bond donors (Lipinski definition) is 2. The molecule has 1 heterocycles. The molecule has 1 saturated heterocycles. The van der Waals surface area contributed by atoms with Crippen molar-refractivity contribution in [3.8, 4) is 0 Å². The molecule has 3 amide bonds. The Morgan fingerprint density at radius 1 is 1.03 bits per heavy atom. The van der Waals surface area contributed by atoms with Crippen LogP contribution in [0.3, 0.4) is 0 Å². The van der Waals surface area contributed by atoms with Crippen LogP contribution >= 0.6 is 11.6 Å². The first-order chi connectivity index (χ1) is 14.8. The van der Waals surface area contributed by atoms with E-state index in [1.165, 1.54) is 0 Å². The molecule has 3 rings (SSSR count). The van der Waals surface area contributed by atoms with Gasteiger partial charge in [-0.25, -0.2) is 0 Å². The quantitative estimate of drug-likeness (QED) is 0.704. The van der Waals surface area contributed by atoms with Gasteiger partial charge in [-0.1, -0.05) is 31.5 Å². The third-order valence-electron chi connectivity index (χ3n) is 5.31. The van der Waals surface area contributed by atoms with E-state index in [0.29, 0.717) is 60.2 Å². The number of carbonyl (C=O) groups excluding carboxylic acids is 3. The van der Waals surface area contributed by atoms with Gasteiger partial charge in [-0.15, -0.1) is 0 Å². The minimum Gasteiger partial charge on any atom is -0.356 e. The third kappa shape index (κ3) is 6.31. The first-order valence-corrected chi connectivity index (χ1v) is 10.9. The maximum Gasteiger partial charge on any atom is 0.255 e. The minimum absolute atomic E-state index is 0.0483. The van der Waals surface area contributed by atoms with Crippen LogP contribution in [0.15, 0.2) is 48.5 Å². The number of likely N-dealkylation sites (tertiary alicyclic amines) is 1. The van der Waals surface area contributed by atoms with E-state index in [1.807, 2.05) is 0 Å². The topological polar surface area (TPSA) is 78.5 Å². The number of piperidine rings is 1. The number of nitrogens with zero attached hydrogens (tertiary/aromatic N) is 1. The van der Waals surface area contributed by atoms with Crippen LogP contribution in [0.5, 0.6) is 0 Å². The van der Waals surface area contributed by atoms with E-state index in [-0.39, 0.29) is 23.6 Å². The Labute approximate surface area is 188 Å². The second kappa shape index (κ2) is 10.4. The van der Waals surface area contributed by atoms with Crippen LogP contribution in [0.25, 0.3) is 0 Å². The molecule has 2 aromatic rings. The van der Waals surface area contributed by atoms with E-state index in [1.54, 1.807) is 53.4 Å². The summed E-state index contributed by atoms with van der Waals surface area (Å²) < 4.78 is 0. The van der Waals surface area contributed by atoms with Crippen molar-refractivity contribution in [2.75, 3.05) is 25.0 Å². The maximum absolute atomic E-state index is 12.9. The predicted molar refractivity (Wildman–Crippen MR) is 122 cm³/mol. The number of nitrogens with one attached hydrogen (secondary N) is 2. The summed E-state index contributed by atoms with van der Waals surface area (Å²) in [6, 6.07) is 13.5. The molecule has 2 aromatic carbocycles. The molecule has 1 fully saturated rings. The summed E-state index contributed by atoms with van der Waals surface area (Å²) in [5, 5.41) is 6.36. The molecule has 1 aliphatic heterocycles. The first-order valence-electron chi connectivity index (χ1n) is 10.6. The van der Waals surface area contributed by atoms with Crippen LogP contribution in [0, 0.1) is 11.8 Å². The van der Waals surface area contributed by atoms with Crippen LogP contribution in [0.1, 0.15) is 47.4 Å². The maximum atomic E-state index is 12.9. The van der Waals surface area contributed by atoms with Gasteiger partial charge in [0, 0.05) is 47.4 Å². The van der Waals surface area contributed by atoms with Crippen LogP contribution in [0.2, 0.25) is 5.02 Å². The Morgan fingerprint density at radius 2 is 1.71 bits per heavy atom. The van der Waals surface area contributed by atoms with Gasteiger partial charge in [0.25, 0.3) is 11.8 Å². The Bertz CT molecular complexity index is 935. The summed E-state index contributed by atoms with van der Waals surface area (Å²) in [7, 11) is 0. The second-order valence-corrected chi connectivity index (χ2v) is 8.68. The van der Waals surface area contributed by atoms with Crippen molar-refractivity contribution in [3.63, 3.8) is 0 Å². The van der Waals surface area contributed by atoms with Crippen molar-refractivity contribution in [2.45, 2.75) is 26.7 Å². The number of halogens is 1. The zero-order valence-corrected chi connectivity index (χ0v) is 18.6. The molecule has 31 heavy (non-hydrogen) atoms. The average molecular weight is 442 g/mol. The Kier molecular flexibility index (Phi) is 7.69. The molecule has 0 atom stereocenters. The first kappa shape index (κ1) is 22.8. The van der Waals surface area contributed by atoms with E-state index < -0.39 is 0 Å². The van der Waals surface area contributed by atoms with Crippen LogP contribution in [-0.4, -0.2) is 42.3 Å². The van der Waals surface area contributed by atoms with Crippen LogP contribution in [0.4, 0.5) is 5.69 Å². The molecule has 0 bridgehead atoms. The third-order valence-corrected chi connectivity index (χ3v) is 5.56. The van der Waals surface area contributed by atoms with Gasteiger partial charge in [-0.3, -0.25) is 14.4 Å². The van der Waals surface area contributed by atoms with Gasteiger partial charge in [-0.05, 0) is 61.2 Å². The van der Waals surface area contributed by atoms with E-state index in [2.05, 4.69) is 24.5 Å². The molecule has 0 unspecified atom stereocenters. The zero-order chi connectivity index (χ0) is 22.4. The van der Waals surface area contributed by atoms with Crippen molar-refractivity contribution in [1.82, 2.24) is 10.2 Å². The van der Waals surface area contributed by atoms with Crippen molar-refractivity contribution >= 4 is 35.0 Å². The second-order valence-electron chi connectivity index (χ2n) is 8.25. The highest BCUT2D eigenvalue weighted by atomic mass is 35.5. The van der Waals surface area contributed by atoms with E-state index >= 15 is 0 Å². The van der Waals surface area contributed by atoms with E-state index in [0.717, 1.165) is 0 Å². The summed E-state index contributed by atoms with van der Waals surface area (Å²) >= 11 is 5.86. The van der Waals surface area contributed by atoms with Gasteiger partial charge in [0.1, 0.15) is 0 Å². The molecule has 6 nitrogen and oxygen atoms in total. The van der Waals surface area contributed by atoms with E-state index in [4.69, 9.17) is 11.6 Å². The van der Waals surface area contributed by atoms with Crippen molar-refractivity contribution in [1.29, 1.82) is 0 Å². The van der Waals surface area contributed by atoms with Crippen molar-refractivity contribution < 1.29 is 14.4 Å². The highest BCUT2D eigenvalue weighted by molar-refractivity contribution is 6.30. The predicted octanol–water partition coefficient (Wildman–Crippen LogP) is 4.22. The van der Waals surface area contributed by atoms with Gasteiger partial charge < -0.3 is 15.5 Å². The summed E-state index contributed by atoms with van der Waals surface area (Å²) in [5.74, 6) is 0.0803. The summed E-state index contributed by atoms with van der Waals surface area (Å²) in [6.45, 7) is 5.88. The number of rotatable bonds is 6. The number of amides is 3. The highest BCUT2D eigenvalue weighted by Gasteiger charge is 2.27. The lowest BCUT2D eigenvalue weighted by atomic mass is 9.95. The number of hydrogen-bond acceptors (Lipinski definition) is 3. The van der Waals surface area contributed by atoms with Crippen LogP contribution in [-0.2, 0) is 4.79 Å². The smallest absolute Gasteiger partial charge is 0.255 e. The molecule has 1 aliphatic rings. The SMILES string of the molecule is CC(C)CNC(=O)C1CCN(C(=O)c2cccc(NC(=O)c3ccc(Cl)cc3)c2)CC1. The van der Waals surface area contributed by atoms with Gasteiger partial charge in [0.2, 0.25) is 5.91 Å². The van der Waals surface area contributed by atoms with Crippen LogP contribution < -0.4 is 10.6 Å². The zero-order valence-electron chi connectivity index (χ0n) is 17.9. The average Bonchev–Trinajstić information content (AvgIpc) is 2.77. The van der Waals surface area contributed by atoms with Gasteiger partial charge >= 0.3 is 0 Å². The fourth-order valence-corrected chi connectivity index (χ4v) is 3.64. The normalized spacial score (nSPS) is 14.4. The molecule has 164 valence electrons. The molecule has 7 heteroatoms. The molecule has 0 aromatic heterocycles. The molecule has 0 spiro atoms. The van der Waals surface area contributed by atoms with Crippen molar-refractivity contribution in [2.24, 2.45) is 11.8 Å². The molecule has 0 radical (unpaired) electrons. The number of benzene rings is 2. The summed E-state index contributed by atoms with van der Waals surface area (Å²) in [6.07, 6.45) is 1.31. The molecular weight excluding hydrogens is 414 g/mol. The lowest BCUT2D eigenvalue weighted by Crippen LogP contribution is -2.43. The van der Waals surface area contributed by atoms with E-state index in [9.17, 15) is 14.4 Å². The Hall–Kier alpha value is -2.86. The minimum atomic E-state index is -0.269. The monoisotopic (exact) mass is 441 g/mol. The van der Waals surface area contributed by atoms with Gasteiger partial charge in [0.05, 0.1) is 0 Å². The molecule has 2 N–H and O–H groups in total. The lowest BCUT2D eigenvalue weighted by Gasteiger charge is -2.31. The van der Waals surface area contributed by atoms with Gasteiger partial charge in [-0.2, -0.15) is 0 Å². The fraction of sp³-hybridized carbons (Fsp3) is 0.375. The fourth-order valence-electron chi connectivity index (χ4n) is 3.51. The van der Waals surface area contributed by atoms with Crippen molar-refractivity contribution in [3.05, 3.63) is 64.7 Å². The molecule has 0 saturated carbocycles. The highest BCUT2D eigenvalue weighted by Crippen LogP contribution is 2.21. The number of carbonyl (C=O) groups is 3. The largest absolute Gasteiger partial charge is 0.356 e. The Morgan fingerprint density at radius 3 is 2.35 bits per heavy atom. The standard InChI is InChI=1S/C24H28ClN3O3/c1-16(2)15-26-22(29)18-10-12-28(13-11-18)24(31)19-4-3-5-21(14-19)27-23(30)17-6-8-20(25)9-7-17/h3-9,14,16,18H,10-13,15H2,1-2H3,(H,26,29)(H,27,30). The summed E-state index contributed by atoms with van der Waals surface area (Å²) in [4.78, 5) is 39.4. The summed E-state index contributed by atoms with van der Waals surface area (Å²) in [5.41, 5.74) is 1.55. The lowest BCUT2D eigenvalue weighted by molar-refractivity contribution is -0.126. The molecular formula is C24H28ClN3O3. The molecule has 0 aliphatic carbocycles. The van der Waals surface area contributed by atoms with Gasteiger partial charge in [0.15, 0.2) is 0 Å². The Balaban J connectivity index is 1.57.